The second kappa shape index (κ2) is 9.45. The standard InChI is InChI=1S/C20H22N4O5S3/c1-4-17(14-9-11-16(12-10-14)31(3,26)27)24-32(28,29)20-23-22-19(30-20)21-18(25)15-7-5-13(2)6-8-15/h5-12,17,24H,4H2,1-3H3,(H,21,22,25). The summed E-state index contributed by atoms with van der Waals surface area (Å²) < 4.78 is 51.1. The van der Waals surface area contributed by atoms with E-state index in [0.717, 1.165) is 23.2 Å². The van der Waals surface area contributed by atoms with Crippen LogP contribution in [0.25, 0.3) is 0 Å². The number of nitrogens with zero attached hydrogens (tertiary/aromatic N) is 2. The van der Waals surface area contributed by atoms with E-state index in [1.807, 2.05) is 6.92 Å². The van der Waals surface area contributed by atoms with Crippen LogP contribution in [0.1, 0.15) is 40.9 Å². The van der Waals surface area contributed by atoms with Crippen molar-refractivity contribution in [1.82, 2.24) is 14.9 Å². The van der Waals surface area contributed by atoms with Gasteiger partial charge in [-0.25, -0.2) is 21.6 Å². The van der Waals surface area contributed by atoms with E-state index in [4.69, 9.17) is 0 Å². The first-order valence-corrected chi connectivity index (χ1v) is 13.7. The van der Waals surface area contributed by atoms with Gasteiger partial charge in [0.15, 0.2) is 9.84 Å². The van der Waals surface area contributed by atoms with E-state index in [-0.39, 0.29) is 14.4 Å². The van der Waals surface area contributed by atoms with E-state index in [0.29, 0.717) is 17.5 Å². The molecule has 0 radical (unpaired) electrons. The molecule has 32 heavy (non-hydrogen) atoms. The number of amides is 1. The predicted molar refractivity (Wildman–Crippen MR) is 122 cm³/mol. The fourth-order valence-electron chi connectivity index (χ4n) is 2.82. The molecule has 1 aromatic heterocycles. The number of aryl methyl sites for hydroxylation is 1. The van der Waals surface area contributed by atoms with Gasteiger partial charge in [0.2, 0.25) is 9.47 Å². The molecule has 9 nitrogen and oxygen atoms in total. The maximum absolute atomic E-state index is 12.8. The van der Waals surface area contributed by atoms with Crippen molar-refractivity contribution < 1.29 is 21.6 Å². The van der Waals surface area contributed by atoms with Gasteiger partial charge >= 0.3 is 0 Å². The summed E-state index contributed by atoms with van der Waals surface area (Å²) in [6.07, 6.45) is 1.53. The molecule has 1 heterocycles. The van der Waals surface area contributed by atoms with Crippen LogP contribution < -0.4 is 10.0 Å². The minimum Gasteiger partial charge on any atom is -0.296 e. The van der Waals surface area contributed by atoms with E-state index in [1.54, 1.807) is 43.3 Å². The summed E-state index contributed by atoms with van der Waals surface area (Å²) in [5, 5.41) is 10.1. The molecule has 170 valence electrons. The third-order valence-electron chi connectivity index (χ3n) is 4.59. The topological polar surface area (TPSA) is 135 Å². The van der Waals surface area contributed by atoms with Crippen LogP contribution in [-0.4, -0.2) is 39.2 Å². The number of carbonyl (C=O) groups excluding carboxylic acids is 1. The van der Waals surface area contributed by atoms with Crippen LogP contribution in [0.15, 0.2) is 57.8 Å². The van der Waals surface area contributed by atoms with Gasteiger partial charge < -0.3 is 0 Å². The number of carbonyl (C=O) groups is 1. The molecule has 0 aliphatic heterocycles. The van der Waals surface area contributed by atoms with Crippen molar-refractivity contribution >= 4 is 42.2 Å². The lowest BCUT2D eigenvalue weighted by Crippen LogP contribution is -2.28. The number of hydrogen-bond donors (Lipinski definition) is 2. The second-order valence-electron chi connectivity index (χ2n) is 7.12. The molecule has 1 unspecified atom stereocenters. The first-order chi connectivity index (χ1) is 15.0. The smallest absolute Gasteiger partial charge is 0.270 e. The summed E-state index contributed by atoms with van der Waals surface area (Å²) in [7, 11) is -7.37. The summed E-state index contributed by atoms with van der Waals surface area (Å²) in [5.41, 5.74) is 2.03. The lowest BCUT2D eigenvalue weighted by atomic mass is 10.1. The molecule has 0 bridgehead atoms. The number of anilines is 1. The molecule has 0 saturated heterocycles. The maximum Gasteiger partial charge on any atom is 0.270 e. The van der Waals surface area contributed by atoms with Gasteiger partial charge in [-0.15, -0.1) is 10.2 Å². The van der Waals surface area contributed by atoms with Crippen molar-refractivity contribution in [2.24, 2.45) is 0 Å². The average Bonchev–Trinajstić information content (AvgIpc) is 3.21. The zero-order valence-electron chi connectivity index (χ0n) is 17.6. The number of sulfonamides is 1. The number of aromatic nitrogens is 2. The van der Waals surface area contributed by atoms with E-state index in [1.165, 1.54) is 12.1 Å². The molecular formula is C20H22N4O5S3. The van der Waals surface area contributed by atoms with Gasteiger partial charge in [0.05, 0.1) is 4.90 Å². The highest BCUT2D eigenvalue weighted by atomic mass is 32.2. The number of rotatable bonds is 8. The minimum absolute atomic E-state index is 0.0569. The monoisotopic (exact) mass is 494 g/mol. The molecule has 0 aliphatic carbocycles. The van der Waals surface area contributed by atoms with Gasteiger partial charge in [-0.1, -0.05) is 48.1 Å². The van der Waals surface area contributed by atoms with Crippen molar-refractivity contribution in [3.05, 3.63) is 65.2 Å². The SMILES string of the molecule is CCC(NS(=O)(=O)c1nnc(NC(=O)c2ccc(C)cc2)s1)c1ccc(S(C)(=O)=O)cc1. The van der Waals surface area contributed by atoms with Crippen LogP contribution in [0.4, 0.5) is 5.13 Å². The molecule has 0 fully saturated rings. The van der Waals surface area contributed by atoms with Crippen LogP contribution >= 0.6 is 11.3 Å². The van der Waals surface area contributed by atoms with Gasteiger partial charge in [0.1, 0.15) is 0 Å². The van der Waals surface area contributed by atoms with Gasteiger partial charge in [0, 0.05) is 17.9 Å². The number of nitrogens with one attached hydrogen (secondary N) is 2. The van der Waals surface area contributed by atoms with E-state index in [9.17, 15) is 21.6 Å². The highest BCUT2D eigenvalue weighted by Crippen LogP contribution is 2.25. The quantitative estimate of drug-likeness (QED) is 0.460. The molecule has 1 amide bonds. The lowest BCUT2D eigenvalue weighted by Gasteiger charge is -2.16. The predicted octanol–water partition coefficient (Wildman–Crippen LogP) is 2.93. The van der Waals surface area contributed by atoms with Gasteiger partial charge in [-0.05, 0) is 43.2 Å². The Labute approximate surface area is 190 Å². The van der Waals surface area contributed by atoms with Crippen molar-refractivity contribution in [2.45, 2.75) is 35.5 Å². The Morgan fingerprint density at radius 1 is 1.00 bits per heavy atom. The van der Waals surface area contributed by atoms with Crippen molar-refractivity contribution in [1.29, 1.82) is 0 Å². The van der Waals surface area contributed by atoms with Gasteiger partial charge in [-0.3, -0.25) is 10.1 Å². The Bertz CT molecular complexity index is 1320. The first kappa shape index (κ1) is 24.0. The molecule has 0 aliphatic rings. The molecule has 12 heteroatoms. The van der Waals surface area contributed by atoms with Crippen molar-refractivity contribution in [3.8, 4) is 0 Å². The molecule has 0 saturated carbocycles. The van der Waals surface area contributed by atoms with Crippen molar-refractivity contribution in [2.75, 3.05) is 11.6 Å². The zero-order valence-corrected chi connectivity index (χ0v) is 20.0. The van der Waals surface area contributed by atoms with Crippen LogP contribution in [-0.2, 0) is 19.9 Å². The molecule has 0 spiro atoms. The molecule has 3 rings (SSSR count). The summed E-state index contributed by atoms with van der Waals surface area (Å²) in [6, 6.07) is 12.3. The van der Waals surface area contributed by atoms with Crippen LogP contribution in [0.2, 0.25) is 0 Å². The number of hydrogen-bond acceptors (Lipinski definition) is 8. The Kier molecular flexibility index (Phi) is 7.08. The van der Waals surface area contributed by atoms with E-state index in [2.05, 4.69) is 20.2 Å². The van der Waals surface area contributed by atoms with Crippen LogP contribution in [0.3, 0.4) is 0 Å². The number of sulfone groups is 1. The molecular weight excluding hydrogens is 472 g/mol. The van der Waals surface area contributed by atoms with Crippen LogP contribution in [0.5, 0.6) is 0 Å². The van der Waals surface area contributed by atoms with E-state index >= 15 is 0 Å². The largest absolute Gasteiger partial charge is 0.296 e. The first-order valence-electron chi connectivity index (χ1n) is 9.53. The van der Waals surface area contributed by atoms with Gasteiger partial charge in [0.25, 0.3) is 15.9 Å². The lowest BCUT2D eigenvalue weighted by molar-refractivity contribution is 0.102. The maximum atomic E-state index is 12.8. The Morgan fingerprint density at radius 2 is 1.62 bits per heavy atom. The number of benzene rings is 2. The summed E-state index contributed by atoms with van der Waals surface area (Å²) in [5.74, 6) is -0.421. The Hall–Kier alpha value is -2.67. The highest BCUT2D eigenvalue weighted by molar-refractivity contribution is 7.91. The summed E-state index contributed by atoms with van der Waals surface area (Å²) in [4.78, 5) is 12.5. The molecule has 1 atom stereocenters. The third-order valence-corrected chi connectivity index (χ3v) is 8.39. The van der Waals surface area contributed by atoms with Crippen LogP contribution in [0, 0.1) is 6.92 Å². The fraction of sp³-hybridized carbons (Fsp3) is 0.250. The molecule has 2 aromatic carbocycles. The van der Waals surface area contributed by atoms with E-state index < -0.39 is 31.8 Å². The van der Waals surface area contributed by atoms with Crippen molar-refractivity contribution in [3.63, 3.8) is 0 Å². The normalized spacial score (nSPS) is 13.0. The third kappa shape index (κ3) is 5.76. The second-order valence-corrected chi connectivity index (χ2v) is 12.0. The fourth-order valence-corrected chi connectivity index (χ4v) is 5.66. The highest BCUT2D eigenvalue weighted by Gasteiger charge is 2.25. The molecule has 2 N–H and O–H groups in total. The Balaban J connectivity index is 1.74. The average molecular weight is 495 g/mol. The minimum atomic E-state index is -4.02. The van der Waals surface area contributed by atoms with Gasteiger partial charge in [-0.2, -0.15) is 0 Å². The summed E-state index contributed by atoms with van der Waals surface area (Å²) in [6.45, 7) is 3.70. The summed E-state index contributed by atoms with van der Waals surface area (Å²) >= 11 is 0.736. The molecule has 3 aromatic rings. The Morgan fingerprint density at radius 3 is 2.19 bits per heavy atom. The zero-order chi connectivity index (χ0) is 23.5.